The van der Waals surface area contributed by atoms with Gasteiger partial charge in [-0.3, -0.25) is 0 Å². The molecule has 1 rings (SSSR count). The summed E-state index contributed by atoms with van der Waals surface area (Å²) in [5, 5.41) is 0. The van der Waals surface area contributed by atoms with Crippen molar-refractivity contribution >= 4 is 11.9 Å². The molecule has 0 amide bonds. The van der Waals surface area contributed by atoms with Gasteiger partial charge in [-0.2, -0.15) is 0 Å². The molecule has 0 fully saturated rings. The van der Waals surface area contributed by atoms with Gasteiger partial charge in [-0.15, -0.1) is 0 Å². The average molecular weight is 366 g/mol. The fraction of sp³-hybridized carbons (Fsp3) is 0.600. The first-order valence-corrected chi connectivity index (χ1v) is 8.70. The van der Waals surface area contributed by atoms with Crippen LogP contribution in [0.3, 0.4) is 0 Å². The molecular weight excluding hydrogens is 336 g/mol. The molecule has 0 bridgehead atoms. The van der Waals surface area contributed by atoms with Crippen LogP contribution in [0.5, 0.6) is 0 Å². The molecule has 0 aliphatic carbocycles. The van der Waals surface area contributed by atoms with Crippen molar-refractivity contribution in [3.8, 4) is 0 Å². The summed E-state index contributed by atoms with van der Waals surface area (Å²) >= 11 is 0. The smallest absolute Gasteiger partial charge is 0.338 e. The van der Waals surface area contributed by atoms with Crippen molar-refractivity contribution in [2.75, 3.05) is 26.4 Å². The van der Waals surface area contributed by atoms with Gasteiger partial charge in [0.1, 0.15) is 13.2 Å². The summed E-state index contributed by atoms with van der Waals surface area (Å²) in [6, 6.07) is 6.15. The zero-order chi connectivity index (χ0) is 19.8. The number of esters is 2. The van der Waals surface area contributed by atoms with Crippen molar-refractivity contribution in [3.63, 3.8) is 0 Å². The Hall–Kier alpha value is -1.92. The van der Waals surface area contributed by atoms with E-state index in [0.717, 1.165) is 0 Å². The lowest BCUT2D eigenvalue weighted by atomic mass is 10.1. The molecule has 0 N–H and O–H groups in total. The third-order valence-electron chi connectivity index (χ3n) is 3.06. The van der Waals surface area contributed by atoms with Crippen LogP contribution < -0.4 is 0 Å². The molecular formula is C20H30O6. The quantitative estimate of drug-likeness (QED) is 0.517. The lowest BCUT2D eigenvalue weighted by Crippen LogP contribution is -2.23. The summed E-state index contributed by atoms with van der Waals surface area (Å²) < 4.78 is 21.2. The molecule has 26 heavy (non-hydrogen) atoms. The van der Waals surface area contributed by atoms with Crippen molar-refractivity contribution in [1.29, 1.82) is 0 Å². The van der Waals surface area contributed by atoms with Crippen LogP contribution in [-0.2, 0) is 18.9 Å². The van der Waals surface area contributed by atoms with E-state index in [1.54, 1.807) is 0 Å². The Balaban J connectivity index is 2.39. The van der Waals surface area contributed by atoms with Crippen molar-refractivity contribution in [2.45, 2.75) is 52.7 Å². The van der Waals surface area contributed by atoms with Crippen molar-refractivity contribution in [1.82, 2.24) is 0 Å². The molecule has 6 heteroatoms. The van der Waals surface area contributed by atoms with E-state index in [1.165, 1.54) is 24.3 Å². The van der Waals surface area contributed by atoms with Crippen LogP contribution in [0.15, 0.2) is 24.3 Å². The van der Waals surface area contributed by atoms with Crippen molar-refractivity contribution < 1.29 is 28.5 Å². The summed E-state index contributed by atoms with van der Waals surface area (Å²) in [7, 11) is 0. The Morgan fingerprint density at radius 1 is 0.654 bits per heavy atom. The monoisotopic (exact) mass is 366 g/mol. The lowest BCUT2D eigenvalue weighted by molar-refractivity contribution is -0.0282. The van der Waals surface area contributed by atoms with Gasteiger partial charge in [0, 0.05) is 0 Å². The molecule has 0 aromatic heterocycles. The predicted octanol–water partition coefficient (Wildman–Crippen LogP) is 3.63. The topological polar surface area (TPSA) is 71.1 Å². The van der Waals surface area contributed by atoms with Crippen LogP contribution >= 0.6 is 0 Å². The minimum absolute atomic E-state index is 0.174. The number of hydrogen-bond donors (Lipinski definition) is 0. The molecule has 0 radical (unpaired) electrons. The summed E-state index contributed by atoms with van der Waals surface area (Å²) in [6.07, 6.45) is 0. The van der Waals surface area contributed by atoms with Crippen LogP contribution in [0, 0.1) is 0 Å². The summed E-state index contributed by atoms with van der Waals surface area (Å²) in [5.41, 5.74) is 0.195. The molecule has 0 atom stereocenters. The highest BCUT2D eigenvalue weighted by Gasteiger charge is 2.14. The van der Waals surface area contributed by atoms with E-state index in [9.17, 15) is 9.59 Å². The molecule has 0 spiro atoms. The van der Waals surface area contributed by atoms with Gasteiger partial charge in [-0.05, 0) is 65.8 Å². The van der Waals surface area contributed by atoms with E-state index in [1.807, 2.05) is 41.5 Å². The third kappa shape index (κ3) is 9.53. The van der Waals surface area contributed by atoms with Gasteiger partial charge in [0.15, 0.2) is 0 Å². The van der Waals surface area contributed by atoms with Crippen LogP contribution in [0.1, 0.15) is 62.3 Å². The number of ether oxygens (including phenoxy) is 4. The maximum atomic E-state index is 11.9. The maximum absolute atomic E-state index is 11.9. The Labute approximate surface area is 155 Å². The van der Waals surface area contributed by atoms with E-state index in [-0.39, 0.29) is 24.4 Å². The first-order chi connectivity index (χ1) is 12.0. The van der Waals surface area contributed by atoms with Gasteiger partial charge in [0.25, 0.3) is 0 Å². The highest BCUT2D eigenvalue weighted by molar-refractivity contribution is 5.93. The number of benzene rings is 1. The number of carbonyl (C=O) groups excluding carboxylic acids is 2. The van der Waals surface area contributed by atoms with Gasteiger partial charge in [0.05, 0.1) is 35.5 Å². The molecule has 0 saturated heterocycles. The van der Waals surface area contributed by atoms with Crippen LogP contribution in [0.25, 0.3) is 0 Å². The lowest BCUT2D eigenvalue weighted by Gasteiger charge is -2.19. The average Bonchev–Trinajstić information content (AvgIpc) is 2.53. The molecule has 0 saturated carbocycles. The molecule has 0 unspecified atom stereocenters. The SMILES string of the molecule is CC(C)(C)OCCOC(=O)c1ccc(C(=O)OCCOC(C)(C)C)cc1. The number of carbonyl (C=O) groups is 2. The molecule has 1 aromatic rings. The van der Waals surface area contributed by atoms with Gasteiger partial charge in [0.2, 0.25) is 0 Å². The Bertz CT molecular complexity index is 525. The molecule has 0 heterocycles. The molecule has 146 valence electrons. The fourth-order valence-electron chi connectivity index (χ4n) is 1.87. The molecule has 0 aliphatic heterocycles. The maximum Gasteiger partial charge on any atom is 0.338 e. The van der Waals surface area contributed by atoms with E-state index in [2.05, 4.69) is 0 Å². The van der Waals surface area contributed by atoms with Crippen molar-refractivity contribution in [3.05, 3.63) is 35.4 Å². The number of rotatable bonds is 8. The van der Waals surface area contributed by atoms with E-state index < -0.39 is 11.9 Å². The zero-order valence-electron chi connectivity index (χ0n) is 16.6. The van der Waals surface area contributed by atoms with Gasteiger partial charge >= 0.3 is 11.9 Å². The van der Waals surface area contributed by atoms with Crippen LogP contribution in [-0.4, -0.2) is 49.6 Å². The van der Waals surface area contributed by atoms with Gasteiger partial charge < -0.3 is 18.9 Å². The van der Waals surface area contributed by atoms with Crippen molar-refractivity contribution in [2.24, 2.45) is 0 Å². The second-order valence-electron chi connectivity index (χ2n) is 7.77. The molecule has 6 nitrogen and oxygen atoms in total. The Kier molecular flexibility index (Phi) is 8.24. The molecule has 0 aliphatic rings. The third-order valence-corrected chi connectivity index (χ3v) is 3.06. The van der Waals surface area contributed by atoms with Gasteiger partial charge in [-0.25, -0.2) is 9.59 Å². The summed E-state index contributed by atoms with van der Waals surface area (Å²) in [5.74, 6) is -0.915. The first-order valence-electron chi connectivity index (χ1n) is 8.70. The van der Waals surface area contributed by atoms with E-state index in [0.29, 0.717) is 24.3 Å². The minimum Gasteiger partial charge on any atom is -0.460 e. The highest BCUT2D eigenvalue weighted by atomic mass is 16.6. The fourth-order valence-corrected chi connectivity index (χ4v) is 1.87. The van der Waals surface area contributed by atoms with E-state index in [4.69, 9.17) is 18.9 Å². The second kappa shape index (κ2) is 9.69. The highest BCUT2D eigenvalue weighted by Crippen LogP contribution is 2.10. The van der Waals surface area contributed by atoms with E-state index >= 15 is 0 Å². The predicted molar refractivity (Wildman–Crippen MR) is 98.4 cm³/mol. The zero-order valence-corrected chi connectivity index (χ0v) is 16.6. The summed E-state index contributed by atoms with van der Waals surface area (Å²) in [4.78, 5) is 23.9. The van der Waals surface area contributed by atoms with Crippen LogP contribution in [0.4, 0.5) is 0 Å². The number of hydrogen-bond acceptors (Lipinski definition) is 6. The second-order valence-corrected chi connectivity index (χ2v) is 7.77. The largest absolute Gasteiger partial charge is 0.460 e. The molecule has 1 aromatic carbocycles. The summed E-state index contributed by atoms with van der Waals surface area (Å²) in [6.45, 7) is 12.6. The first kappa shape index (κ1) is 22.1. The standard InChI is InChI=1S/C20H30O6/c1-19(2,3)25-13-11-23-17(21)15-7-9-16(10-8-15)18(22)24-12-14-26-20(4,5)6/h7-10H,11-14H2,1-6H3. The Morgan fingerprint density at radius 3 is 1.23 bits per heavy atom. The Morgan fingerprint density at radius 2 is 0.962 bits per heavy atom. The van der Waals surface area contributed by atoms with Gasteiger partial charge in [-0.1, -0.05) is 0 Å². The van der Waals surface area contributed by atoms with Crippen LogP contribution in [0.2, 0.25) is 0 Å². The minimum atomic E-state index is -0.457. The normalized spacial score (nSPS) is 11.9.